The van der Waals surface area contributed by atoms with E-state index in [0.717, 1.165) is 30.6 Å². The number of ether oxygens (including phenoxy) is 1. The second-order valence-electron chi connectivity index (χ2n) is 6.73. The number of nitrogens with zero attached hydrogens (tertiary/aromatic N) is 1. The van der Waals surface area contributed by atoms with Gasteiger partial charge in [-0.1, -0.05) is 37.3 Å². The molecule has 1 saturated carbocycles. The minimum Gasteiger partial charge on any atom is -0.462 e. The van der Waals surface area contributed by atoms with Crippen LogP contribution in [0.1, 0.15) is 55.8 Å². The second kappa shape index (κ2) is 8.57. The number of benzene rings is 1. The average Bonchev–Trinajstić information content (AvgIpc) is 2.86. The minimum absolute atomic E-state index is 0.0845. The van der Waals surface area contributed by atoms with Crippen molar-refractivity contribution in [3.63, 3.8) is 0 Å². The first kappa shape index (κ1) is 19.4. The lowest BCUT2D eigenvalue weighted by Gasteiger charge is -2.19. The number of esters is 1. The maximum atomic E-state index is 12.8. The Morgan fingerprint density at radius 1 is 1.11 bits per heavy atom. The lowest BCUT2D eigenvalue weighted by atomic mass is 10.1. The van der Waals surface area contributed by atoms with Crippen molar-refractivity contribution in [3.05, 3.63) is 40.6 Å². The fourth-order valence-electron chi connectivity index (χ4n) is 3.45. The molecule has 27 heavy (non-hydrogen) atoms. The molecule has 2 aliphatic rings. The summed E-state index contributed by atoms with van der Waals surface area (Å²) in [5, 5.41) is 3.11. The maximum Gasteiger partial charge on any atom is 0.338 e. The van der Waals surface area contributed by atoms with E-state index >= 15 is 0 Å². The van der Waals surface area contributed by atoms with Gasteiger partial charge >= 0.3 is 5.97 Å². The smallest absolute Gasteiger partial charge is 0.338 e. The number of carbonyl (C=O) groups is 3. The number of amides is 2. The van der Waals surface area contributed by atoms with Gasteiger partial charge < -0.3 is 10.1 Å². The van der Waals surface area contributed by atoms with Gasteiger partial charge in [-0.3, -0.25) is 9.59 Å². The predicted octanol–water partition coefficient (Wildman–Crippen LogP) is 3.50. The molecule has 1 fully saturated rings. The molecule has 1 aromatic carbocycles. The summed E-state index contributed by atoms with van der Waals surface area (Å²) < 4.78 is 4.94. The van der Waals surface area contributed by atoms with Crippen LogP contribution in [0.3, 0.4) is 0 Å². The summed E-state index contributed by atoms with van der Waals surface area (Å²) in [6.07, 6.45) is 6.51. The molecule has 1 aromatic rings. The summed E-state index contributed by atoms with van der Waals surface area (Å²) in [6, 6.07) is 6.29. The van der Waals surface area contributed by atoms with E-state index in [1.807, 2.05) is 0 Å². The van der Waals surface area contributed by atoms with Crippen LogP contribution < -0.4 is 10.2 Å². The Kier molecular flexibility index (Phi) is 6.16. The fourth-order valence-corrected chi connectivity index (χ4v) is 3.67. The molecule has 1 heterocycles. The number of rotatable bonds is 5. The van der Waals surface area contributed by atoms with Crippen LogP contribution in [0.2, 0.25) is 0 Å². The SMILES string of the molecule is CCOC(=O)c1ccc(N2C(=O)C(Cl)=C(NC3CCCCCC3)C2=O)cc1. The Morgan fingerprint density at radius 2 is 1.74 bits per heavy atom. The van der Waals surface area contributed by atoms with Crippen molar-refractivity contribution in [3.8, 4) is 0 Å². The Labute approximate surface area is 163 Å². The van der Waals surface area contributed by atoms with Crippen molar-refractivity contribution < 1.29 is 19.1 Å². The summed E-state index contributed by atoms with van der Waals surface area (Å²) in [5.74, 6) is -1.46. The molecular formula is C20H23ClN2O4. The lowest BCUT2D eigenvalue weighted by Crippen LogP contribution is -2.36. The molecule has 0 unspecified atom stereocenters. The van der Waals surface area contributed by atoms with Crippen molar-refractivity contribution in [1.29, 1.82) is 0 Å². The Balaban J connectivity index is 1.75. The normalized spacial score (nSPS) is 18.7. The average molecular weight is 391 g/mol. The largest absolute Gasteiger partial charge is 0.462 e. The van der Waals surface area contributed by atoms with E-state index in [-0.39, 0.29) is 23.4 Å². The number of hydrogen-bond donors (Lipinski definition) is 1. The molecular weight excluding hydrogens is 368 g/mol. The topological polar surface area (TPSA) is 75.7 Å². The summed E-state index contributed by atoms with van der Waals surface area (Å²) in [5.41, 5.74) is 0.896. The first-order valence-corrected chi connectivity index (χ1v) is 9.73. The molecule has 0 bridgehead atoms. The van der Waals surface area contributed by atoms with Crippen LogP contribution >= 0.6 is 11.6 Å². The van der Waals surface area contributed by atoms with E-state index in [4.69, 9.17) is 16.3 Å². The number of halogens is 1. The Bertz CT molecular complexity index is 765. The summed E-state index contributed by atoms with van der Waals surface area (Å²) in [6.45, 7) is 2.00. The minimum atomic E-state index is -0.554. The lowest BCUT2D eigenvalue weighted by molar-refractivity contribution is -0.120. The van der Waals surface area contributed by atoms with Gasteiger partial charge in [-0.2, -0.15) is 0 Å². The predicted molar refractivity (Wildman–Crippen MR) is 102 cm³/mol. The third-order valence-corrected chi connectivity index (χ3v) is 5.22. The highest BCUT2D eigenvalue weighted by molar-refractivity contribution is 6.52. The van der Waals surface area contributed by atoms with Gasteiger partial charge in [0.15, 0.2) is 0 Å². The highest BCUT2D eigenvalue weighted by atomic mass is 35.5. The van der Waals surface area contributed by atoms with Gasteiger partial charge in [-0.25, -0.2) is 9.69 Å². The van der Waals surface area contributed by atoms with Gasteiger partial charge in [0.2, 0.25) is 0 Å². The van der Waals surface area contributed by atoms with E-state index in [0.29, 0.717) is 11.3 Å². The molecule has 0 spiro atoms. The number of imide groups is 1. The quantitative estimate of drug-likeness (QED) is 0.473. The molecule has 6 nitrogen and oxygen atoms in total. The van der Waals surface area contributed by atoms with E-state index in [2.05, 4.69) is 5.32 Å². The summed E-state index contributed by atoms with van der Waals surface area (Å²) in [4.78, 5) is 38.1. The van der Waals surface area contributed by atoms with Crippen LogP contribution in [0.15, 0.2) is 35.0 Å². The zero-order chi connectivity index (χ0) is 19.4. The van der Waals surface area contributed by atoms with E-state index < -0.39 is 17.8 Å². The fraction of sp³-hybridized carbons (Fsp3) is 0.450. The Hall–Kier alpha value is -2.34. The molecule has 0 radical (unpaired) electrons. The first-order chi connectivity index (χ1) is 13.0. The second-order valence-corrected chi connectivity index (χ2v) is 7.11. The van der Waals surface area contributed by atoms with Crippen LogP contribution in [0.5, 0.6) is 0 Å². The molecule has 0 atom stereocenters. The van der Waals surface area contributed by atoms with Gasteiger partial charge in [0, 0.05) is 6.04 Å². The molecule has 2 amide bonds. The van der Waals surface area contributed by atoms with Crippen LogP contribution in [-0.2, 0) is 14.3 Å². The summed E-state index contributed by atoms with van der Waals surface area (Å²) in [7, 11) is 0. The van der Waals surface area contributed by atoms with Gasteiger partial charge in [-0.15, -0.1) is 0 Å². The monoisotopic (exact) mass is 390 g/mol. The number of hydrogen-bond acceptors (Lipinski definition) is 5. The Morgan fingerprint density at radius 3 is 2.33 bits per heavy atom. The highest BCUT2D eigenvalue weighted by Gasteiger charge is 2.39. The van der Waals surface area contributed by atoms with Crippen LogP contribution in [0.4, 0.5) is 5.69 Å². The highest BCUT2D eigenvalue weighted by Crippen LogP contribution is 2.29. The van der Waals surface area contributed by atoms with Crippen LogP contribution in [-0.4, -0.2) is 30.4 Å². The molecule has 7 heteroatoms. The maximum absolute atomic E-state index is 12.8. The van der Waals surface area contributed by atoms with Crippen molar-refractivity contribution in [1.82, 2.24) is 5.32 Å². The zero-order valence-electron chi connectivity index (χ0n) is 15.3. The van der Waals surface area contributed by atoms with Crippen LogP contribution in [0.25, 0.3) is 0 Å². The number of anilines is 1. The van der Waals surface area contributed by atoms with E-state index in [1.165, 1.54) is 25.0 Å². The molecule has 144 valence electrons. The molecule has 3 rings (SSSR count). The number of carbonyl (C=O) groups excluding carboxylic acids is 3. The summed E-state index contributed by atoms with van der Waals surface area (Å²) >= 11 is 6.18. The van der Waals surface area contributed by atoms with Gasteiger partial charge in [-0.05, 0) is 44.0 Å². The van der Waals surface area contributed by atoms with Crippen molar-refractivity contribution in [2.75, 3.05) is 11.5 Å². The molecule has 1 aliphatic heterocycles. The molecule has 1 N–H and O–H groups in total. The van der Waals surface area contributed by atoms with Crippen molar-refractivity contribution >= 4 is 35.1 Å². The first-order valence-electron chi connectivity index (χ1n) is 9.35. The third-order valence-electron chi connectivity index (χ3n) is 4.87. The van der Waals surface area contributed by atoms with Crippen LogP contribution in [0, 0.1) is 0 Å². The molecule has 1 aliphatic carbocycles. The standard InChI is InChI=1S/C20H23ClN2O4/c1-2-27-20(26)13-9-11-15(12-10-13)23-18(24)16(21)17(19(23)25)22-14-7-5-3-4-6-8-14/h9-12,14,22H,2-8H2,1H3. The van der Waals surface area contributed by atoms with Crippen molar-refractivity contribution in [2.45, 2.75) is 51.5 Å². The van der Waals surface area contributed by atoms with Crippen molar-refractivity contribution in [2.24, 2.45) is 0 Å². The van der Waals surface area contributed by atoms with E-state index in [9.17, 15) is 14.4 Å². The number of nitrogens with one attached hydrogen (secondary N) is 1. The zero-order valence-corrected chi connectivity index (χ0v) is 16.1. The van der Waals surface area contributed by atoms with Gasteiger partial charge in [0.25, 0.3) is 11.8 Å². The molecule has 0 saturated heterocycles. The van der Waals surface area contributed by atoms with Gasteiger partial charge in [0.1, 0.15) is 10.7 Å². The molecule has 0 aromatic heterocycles. The van der Waals surface area contributed by atoms with E-state index in [1.54, 1.807) is 19.1 Å². The van der Waals surface area contributed by atoms with Gasteiger partial charge in [0.05, 0.1) is 17.9 Å². The third kappa shape index (κ3) is 4.16.